The summed E-state index contributed by atoms with van der Waals surface area (Å²) in [5.74, 6) is -0.271. The van der Waals surface area contributed by atoms with Crippen molar-refractivity contribution in [2.75, 3.05) is 18.6 Å². The van der Waals surface area contributed by atoms with E-state index < -0.39 is 29.7 Å². The van der Waals surface area contributed by atoms with E-state index in [2.05, 4.69) is 16.7 Å². The fraction of sp³-hybridized carbons (Fsp3) is 0.577. The standard InChI is InChI=1S/C26H39N3O4S/c1-9-11-15-27-23(30)22(20-13-12-18(3)17-19(20)4)29(10-2)24(31)21(14-16-34-8)28-25(32)33-26(5,6)7/h2,12-13,17,21-22H,9,11,14-16H2,1,3-8H3,(H,27,30)(H,28,32). The number of alkyl carbamates (subject to hydrolysis) is 1. The van der Waals surface area contributed by atoms with Crippen LogP contribution in [0.25, 0.3) is 0 Å². The Balaban J connectivity index is 3.35. The van der Waals surface area contributed by atoms with Gasteiger partial charge in [0.15, 0.2) is 0 Å². The lowest BCUT2D eigenvalue weighted by Gasteiger charge is -2.31. The maximum absolute atomic E-state index is 13.6. The van der Waals surface area contributed by atoms with Crippen molar-refractivity contribution < 1.29 is 19.1 Å². The van der Waals surface area contributed by atoms with Crippen LogP contribution in [-0.4, -0.2) is 53.0 Å². The number of ether oxygens (including phenoxy) is 1. The Morgan fingerprint density at radius 1 is 1.24 bits per heavy atom. The fourth-order valence-electron chi connectivity index (χ4n) is 3.39. The summed E-state index contributed by atoms with van der Waals surface area (Å²) in [6, 6.07) is 6.12. The average molecular weight is 490 g/mol. The molecule has 0 aliphatic carbocycles. The molecular weight excluding hydrogens is 450 g/mol. The van der Waals surface area contributed by atoms with Crippen molar-refractivity contribution in [1.29, 1.82) is 0 Å². The van der Waals surface area contributed by atoms with E-state index in [1.165, 1.54) is 0 Å². The van der Waals surface area contributed by atoms with Crippen molar-refractivity contribution in [1.82, 2.24) is 15.5 Å². The summed E-state index contributed by atoms with van der Waals surface area (Å²) in [7, 11) is 0. The number of hydrogen-bond acceptors (Lipinski definition) is 5. The second-order valence-corrected chi connectivity index (χ2v) is 10.2. The largest absolute Gasteiger partial charge is 0.444 e. The van der Waals surface area contributed by atoms with Gasteiger partial charge in [0.25, 0.3) is 5.91 Å². The summed E-state index contributed by atoms with van der Waals surface area (Å²) < 4.78 is 5.34. The molecule has 0 heterocycles. The Bertz CT molecular complexity index is 889. The number of unbranched alkanes of at least 4 members (excludes halogenated alkanes) is 1. The third-order valence-corrected chi connectivity index (χ3v) is 5.68. The van der Waals surface area contributed by atoms with Crippen molar-refractivity contribution in [3.8, 4) is 12.5 Å². The predicted octanol–water partition coefficient (Wildman–Crippen LogP) is 4.33. The van der Waals surface area contributed by atoms with E-state index in [-0.39, 0.29) is 5.91 Å². The SMILES string of the molecule is C#CN(C(=O)C(CCSC)NC(=O)OC(C)(C)C)C(C(=O)NCCCC)c1ccc(C)cc1C. The molecule has 2 unspecified atom stereocenters. The second-order valence-electron chi connectivity index (χ2n) is 9.22. The van der Waals surface area contributed by atoms with Crippen LogP contribution in [0.3, 0.4) is 0 Å². The molecule has 34 heavy (non-hydrogen) atoms. The van der Waals surface area contributed by atoms with Crippen molar-refractivity contribution in [2.45, 2.75) is 78.5 Å². The third kappa shape index (κ3) is 9.30. The maximum atomic E-state index is 13.6. The minimum atomic E-state index is -1.02. The number of nitrogens with zero attached hydrogens (tertiary/aromatic N) is 1. The Hall–Kier alpha value is -2.66. The molecule has 3 amide bonds. The van der Waals surface area contributed by atoms with E-state index in [9.17, 15) is 14.4 Å². The fourth-order valence-corrected chi connectivity index (χ4v) is 3.86. The lowest BCUT2D eigenvalue weighted by Crippen LogP contribution is -2.51. The summed E-state index contributed by atoms with van der Waals surface area (Å²) in [4.78, 5) is 40.5. The molecule has 8 heteroatoms. The van der Waals surface area contributed by atoms with Crippen LogP contribution >= 0.6 is 11.8 Å². The molecule has 1 rings (SSSR count). The molecule has 0 radical (unpaired) electrons. The molecule has 0 fully saturated rings. The van der Waals surface area contributed by atoms with Crippen LogP contribution in [-0.2, 0) is 14.3 Å². The third-order valence-electron chi connectivity index (χ3n) is 5.03. The number of rotatable bonds is 11. The Kier molecular flexibility index (Phi) is 12.0. The van der Waals surface area contributed by atoms with Crippen LogP contribution in [0.1, 0.15) is 69.7 Å². The van der Waals surface area contributed by atoms with Gasteiger partial charge in [-0.25, -0.2) is 4.79 Å². The summed E-state index contributed by atoms with van der Waals surface area (Å²) in [5, 5.41) is 5.55. The highest BCUT2D eigenvalue weighted by atomic mass is 32.2. The molecule has 2 N–H and O–H groups in total. The normalized spacial score (nSPS) is 12.8. The molecule has 0 bridgehead atoms. The first kappa shape index (κ1) is 29.4. The molecule has 1 aromatic rings. The monoisotopic (exact) mass is 489 g/mol. The minimum Gasteiger partial charge on any atom is -0.444 e. The minimum absolute atomic E-state index is 0.342. The number of terminal acetylenes is 1. The average Bonchev–Trinajstić information content (AvgIpc) is 2.74. The molecule has 2 atom stereocenters. The van der Waals surface area contributed by atoms with Crippen molar-refractivity contribution in [3.63, 3.8) is 0 Å². The molecule has 0 saturated heterocycles. The van der Waals surface area contributed by atoms with E-state index in [0.717, 1.165) is 28.9 Å². The van der Waals surface area contributed by atoms with Gasteiger partial charge in [0, 0.05) is 12.6 Å². The van der Waals surface area contributed by atoms with Crippen LogP contribution in [0.2, 0.25) is 0 Å². The zero-order valence-corrected chi connectivity index (χ0v) is 22.3. The zero-order valence-electron chi connectivity index (χ0n) is 21.5. The quantitative estimate of drug-likeness (QED) is 0.274. The maximum Gasteiger partial charge on any atom is 0.408 e. The first-order valence-electron chi connectivity index (χ1n) is 11.6. The summed E-state index contributed by atoms with van der Waals surface area (Å²) in [6.07, 6.45) is 9.08. The van der Waals surface area contributed by atoms with E-state index in [4.69, 9.17) is 11.2 Å². The highest BCUT2D eigenvalue weighted by molar-refractivity contribution is 7.98. The van der Waals surface area contributed by atoms with E-state index >= 15 is 0 Å². The molecule has 7 nitrogen and oxygen atoms in total. The molecule has 0 aromatic heterocycles. The number of thioether (sulfide) groups is 1. The molecule has 0 spiro atoms. The first-order valence-corrected chi connectivity index (χ1v) is 13.0. The topological polar surface area (TPSA) is 87.7 Å². The Morgan fingerprint density at radius 2 is 1.91 bits per heavy atom. The molecule has 188 valence electrons. The molecule has 0 aliphatic heterocycles. The number of amides is 3. The van der Waals surface area contributed by atoms with Gasteiger partial charge in [-0.2, -0.15) is 11.8 Å². The lowest BCUT2D eigenvalue weighted by molar-refractivity contribution is -0.138. The van der Waals surface area contributed by atoms with Gasteiger partial charge in [0.05, 0.1) is 0 Å². The highest BCUT2D eigenvalue weighted by Gasteiger charge is 2.36. The zero-order chi connectivity index (χ0) is 25.9. The molecule has 0 aliphatic rings. The Morgan fingerprint density at radius 3 is 2.44 bits per heavy atom. The van der Waals surface area contributed by atoms with Gasteiger partial charge < -0.3 is 15.4 Å². The van der Waals surface area contributed by atoms with E-state index in [1.54, 1.807) is 32.5 Å². The van der Waals surface area contributed by atoms with Crippen LogP contribution < -0.4 is 10.6 Å². The first-order chi connectivity index (χ1) is 15.9. The lowest BCUT2D eigenvalue weighted by atomic mass is 9.96. The van der Waals surface area contributed by atoms with Crippen molar-refractivity contribution in [2.24, 2.45) is 0 Å². The smallest absolute Gasteiger partial charge is 0.408 e. The van der Waals surface area contributed by atoms with Crippen LogP contribution in [0.15, 0.2) is 18.2 Å². The summed E-state index contributed by atoms with van der Waals surface area (Å²) in [6.45, 7) is 11.6. The highest BCUT2D eigenvalue weighted by Crippen LogP contribution is 2.26. The van der Waals surface area contributed by atoms with Gasteiger partial charge in [-0.15, -0.1) is 0 Å². The van der Waals surface area contributed by atoms with Gasteiger partial charge in [-0.1, -0.05) is 43.5 Å². The second kappa shape index (κ2) is 13.9. The van der Waals surface area contributed by atoms with Gasteiger partial charge in [0.2, 0.25) is 5.91 Å². The van der Waals surface area contributed by atoms with Crippen LogP contribution in [0.4, 0.5) is 4.79 Å². The Labute approximate surface area is 208 Å². The predicted molar refractivity (Wildman–Crippen MR) is 138 cm³/mol. The van der Waals surface area contributed by atoms with Gasteiger partial charge >= 0.3 is 6.09 Å². The van der Waals surface area contributed by atoms with Gasteiger partial charge in [0.1, 0.15) is 17.7 Å². The number of carbonyl (C=O) groups excluding carboxylic acids is 3. The number of benzene rings is 1. The molecular formula is C26H39N3O4S. The van der Waals surface area contributed by atoms with Crippen molar-refractivity contribution in [3.05, 3.63) is 34.9 Å². The summed E-state index contributed by atoms with van der Waals surface area (Å²) >= 11 is 1.54. The number of nitrogens with one attached hydrogen (secondary N) is 2. The number of hydrogen-bond donors (Lipinski definition) is 2. The van der Waals surface area contributed by atoms with E-state index in [0.29, 0.717) is 24.3 Å². The van der Waals surface area contributed by atoms with Crippen molar-refractivity contribution >= 4 is 29.7 Å². The van der Waals surface area contributed by atoms with Crippen LogP contribution in [0.5, 0.6) is 0 Å². The van der Waals surface area contributed by atoms with Gasteiger partial charge in [-0.3, -0.25) is 14.5 Å². The van der Waals surface area contributed by atoms with Crippen LogP contribution in [0, 0.1) is 26.3 Å². The van der Waals surface area contributed by atoms with E-state index in [1.807, 2.05) is 45.2 Å². The number of carbonyl (C=O) groups is 3. The summed E-state index contributed by atoms with van der Waals surface area (Å²) in [5.41, 5.74) is 1.81. The molecule has 0 saturated carbocycles. The molecule has 1 aromatic carbocycles. The number of aryl methyl sites for hydroxylation is 2. The van der Waals surface area contributed by atoms with Gasteiger partial charge in [-0.05, 0) is 70.6 Å².